The van der Waals surface area contributed by atoms with Crippen LogP contribution < -0.4 is 11.3 Å². The van der Waals surface area contributed by atoms with Crippen molar-refractivity contribution in [1.82, 2.24) is 14.8 Å². The summed E-state index contributed by atoms with van der Waals surface area (Å²) in [7, 11) is -4.00. The van der Waals surface area contributed by atoms with Gasteiger partial charge >= 0.3 is 11.9 Å². The second kappa shape index (κ2) is 13.6. The Morgan fingerprint density at radius 1 is 1.10 bits per heavy atom. The molecule has 0 saturated carbocycles. The summed E-state index contributed by atoms with van der Waals surface area (Å²) < 4.78 is 29.4. The molecule has 1 unspecified atom stereocenters. The van der Waals surface area contributed by atoms with E-state index in [0.717, 1.165) is 5.56 Å². The highest BCUT2D eigenvalue weighted by Crippen LogP contribution is 2.32. The SMILES string of the molecule is C[C@@H]1CCC[N+]1(C(N)=O)C(=O)[C@@H](Cc1ccccc1)N(CC1CCN(C=NNO)CC1)S(=O)(=O)Cc1ccccc1. The number of piperidine rings is 1. The Labute approximate surface area is 242 Å². The lowest BCUT2D eigenvalue weighted by molar-refractivity contribution is -0.784. The highest BCUT2D eigenvalue weighted by molar-refractivity contribution is 7.88. The van der Waals surface area contributed by atoms with E-state index < -0.39 is 32.5 Å². The lowest BCUT2D eigenvalue weighted by atomic mass is 9.95. The molecule has 2 aromatic carbocycles. The average molecular weight is 586 g/mol. The topological polar surface area (TPSA) is 145 Å². The molecule has 0 spiro atoms. The molecule has 4 rings (SSSR count). The molecular formula is C29H41N6O5S+. The molecule has 2 aliphatic heterocycles. The maximum Gasteiger partial charge on any atom is 0.421 e. The van der Waals surface area contributed by atoms with Crippen molar-refractivity contribution in [3.05, 3.63) is 71.8 Å². The number of nitrogens with two attached hydrogens (primary N) is 1. The second-order valence-electron chi connectivity index (χ2n) is 11.1. The maximum atomic E-state index is 14.6. The van der Waals surface area contributed by atoms with Crippen molar-refractivity contribution < 1.29 is 27.7 Å². The number of nitrogens with one attached hydrogen (secondary N) is 1. The van der Waals surface area contributed by atoms with Crippen LogP contribution in [0.4, 0.5) is 4.79 Å². The van der Waals surface area contributed by atoms with Crippen LogP contribution in [0.3, 0.4) is 0 Å². The van der Waals surface area contributed by atoms with Crippen molar-refractivity contribution in [2.75, 3.05) is 26.2 Å². The molecule has 222 valence electrons. The first-order chi connectivity index (χ1) is 19.7. The highest BCUT2D eigenvalue weighted by atomic mass is 32.2. The Morgan fingerprint density at radius 3 is 2.24 bits per heavy atom. The van der Waals surface area contributed by atoms with Crippen molar-refractivity contribution in [3.8, 4) is 0 Å². The van der Waals surface area contributed by atoms with E-state index in [1.807, 2.05) is 48.2 Å². The van der Waals surface area contributed by atoms with Crippen molar-refractivity contribution in [2.45, 2.75) is 56.9 Å². The van der Waals surface area contributed by atoms with Gasteiger partial charge in [-0.15, -0.1) is 5.10 Å². The Bertz CT molecular complexity index is 1300. The molecule has 0 aliphatic carbocycles. The molecular weight excluding hydrogens is 544 g/mol. The van der Waals surface area contributed by atoms with Gasteiger partial charge in [0.1, 0.15) is 18.4 Å². The number of likely N-dealkylation sites (tertiary alicyclic amines) is 2. The van der Waals surface area contributed by atoms with Crippen molar-refractivity contribution >= 4 is 28.3 Å². The monoisotopic (exact) mass is 585 g/mol. The van der Waals surface area contributed by atoms with Crippen LogP contribution in [0.5, 0.6) is 0 Å². The van der Waals surface area contributed by atoms with Gasteiger partial charge in [0, 0.05) is 38.9 Å². The van der Waals surface area contributed by atoms with E-state index in [1.165, 1.54) is 10.6 Å². The van der Waals surface area contributed by atoms with Crippen LogP contribution in [0, 0.1) is 5.92 Å². The van der Waals surface area contributed by atoms with Crippen LogP contribution in [0.25, 0.3) is 0 Å². The zero-order chi connectivity index (χ0) is 29.5. The standard InChI is InChI=1S/C29H40N6O5S/c1-23-9-8-18-35(23,29(30)37)28(36)27(19-24-10-4-2-5-11-24)34(41(39,40)21-26-12-6-3-7-13-26)20-25-14-16-33(17-15-25)22-31-32-38/h2-7,10-13,22-23,25,27,32,38H,8-9,14-21H2,1H3,(H-,30,37)/p+1/t23-,27-,35?/m1/s1. The highest BCUT2D eigenvalue weighted by Gasteiger charge is 2.56. The number of hydrazone groups is 1. The smallest absolute Gasteiger partial charge is 0.361 e. The number of hydrogen-bond acceptors (Lipinski definition) is 7. The number of nitrogens with zero attached hydrogens (tertiary/aromatic N) is 4. The molecule has 0 aromatic heterocycles. The minimum Gasteiger partial charge on any atom is -0.361 e. The third-order valence-corrected chi connectivity index (χ3v) is 10.3. The third-order valence-electron chi connectivity index (χ3n) is 8.49. The number of quaternary nitrogens is 1. The van der Waals surface area contributed by atoms with Gasteiger partial charge in [0.25, 0.3) is 0 Å². The van der Waals surface area contributed by atoms with E-state index in [-0.39, 0.29) is 37.2 Å². The fourth-order valence-electron chi connectivity index (χ4n) is 6.17. The molecule has 2 saturated heterocycles. The summed E-state index contributed by atoms with van der Waals surface area (Å²) in [6.45, 7) is 3.51. The van der Waals surface area contributed by atoms with Gasteiger partial charge in [-0.3, -0.25) is 5.21 Å². The number of hydrogen-bond donors (Lipinski definition) is 3. The first-order valence-corrected chi connectivity index (χ1v) is 15.7. The molecule has 0 bridgehead atoms. The van der Waals surface area contributed by atoms with E-state index in [4.69, 9.17) is 10.9 Å². The van der Waals surface area contributed by atoms with Gasteiger partial charge in [0.15, 0.2) is 0 Å². The molecule has 11 nitrogen and oxygen atoms in total. The molecule has 4 N–H and O–H groups in total. The van der Waals surface area contributed by atoms with Crippen LogP contribution in [0.15, 0.2) is 65.8 Å². The van der Waals surface area contributed by atoms with Crippen LogP contribution >= 0.6 is 0 Å². The Balaban J connectivity index is 1.74. The van der Waals surface area contributed by atoms with E-state index in [9.17, 15) is 18.0 Å². The van der Waals surface area contributed by atoms with Crippen molar-refractivity contribution in [3.63, 3.8) is 0 Å². The number of carbonyl (C=O) groups excluding carboxylic acids is 2. The Hall–Kier alpha value is -3.32. The van der Waals surface area contributed by atoms with Gasteiger partial charge in [-0.25, -0.2) is 18.0 Å². The summed E-state index contributed by atoms with van der Waals surface area (Å²) in [5, 5.41) is 12.4. The molecule has 2 heterocycles. The Morgan fingerprint density at radius 2 is 1.71 bits per heavy atom. The molecule has 3 amide bonds. The number of benzene rings is 2. The van der Waals surface area contributed by atoms with Crippen molar-refractivity contribution in [2.24, 2.45) is 16.8 Å². The van der Waals surface area contributed by atoms with Crippen LogP contribution in [-0.4, -0.2) is 83.9 Å². The summed E-state index contributed by atoms with van der Waals surface area (Å²) in [6.07, 6.45) is 4.32. The third kappa shape index (κ3) is 7.13. The lowest BCUT2D eigenvalue weighted by Gasteiger charge is -2.39. The van der Waals surface area contributed by atoms with Gasteiger partial charge in [0.2, 0.25) is 10.0 Å². The zero-order valence-electron chi connectivity index (χ0n) is 23.5. The minimum absolute atomic E-state index is 0.0172. The van der Waals surface area contributed by atoms with E-state index in [0.29, 0.717) is 44.3 Å². The molecule has 2 fully saturated rings. The maximum absolute atomic E-state index is 14.6. The largest absolute Gasteiger partial charge is 0.421 e. The van der Waals surface area contributed by atoms with Crippen LogP contribution in [0.2, 0.25) is 0 Å². The van der Waals surface area contributed by atoms with E-state index >= 15 is 0 Å². The van der Waals surface area contributed by atoms with Gasteiger partial charge < -0.3 is 10.6 Å². The first kappa shape index (κ1) is 30.6. The second-order valence-corrected chi connectivity index (χ2v) is 13.0. The van der Waals surface area contributed by atoms with E-state index in [2.05, 4.69) is 5.10 Å². The summed E-state index contributed by atoms with van der Waals surface area (Å²) in [5.74, 6) is -0.732. The first-order valence-electron chi connectivity index (χ1n) is 14.1. The van der Waals surface area contributed by atoms with Gasteiger partial charge in [-0.2, -0.15) is 14.4 Å². The van der Waals surface area contributed by atoms with Crippen LogP contribution in [0.1, 0.15) is 43.7 Å². The fraction of sp³-hybridized carbons (Fsp3) is 0.483. The van der Waals surface area contributed by atoms with E-state index in [1.54, 1.807) is 29.9 Å². The molecule has 12 heteroatoms. The van der Waals surface area contributed by atoms with Gasteiger partial charge in [-0.05, 0) is 36.8 Å². The minimum atomic E-state index is -4.00. The Kier molecular flexibility index (Phi) is 10.1. The molecule has 41 heavy (non-hydrogen) atoms. The number of sulfonamides is 1. The molecule has 3 atom stereocenters. The quantitative estimate of drug-likeness (QED) is 0.159. The normalized spacial score (nSPS) is 22.7. The molecule has 2 aliphatic rings. The lowest BCUT2D eigenvalue weighted by Crippen LogP contribution is -2.67. The number of imide groups is 1. The van der Waals surface area contributed by atoms with Gasteiger partial charge in [-0.1, -0.05) is 60.7 Å². The number of amides is 3. The zero-order valence-corrected chi connectivity index (χ0v) is 24.3. The number of rotatable bonds is 11. The number of primary amides is 1. The number of urea groups is 1. The predicted molar refractivity (Wildman–Crippen MR) is 156 cm³/mol. The fourth-order valence-corrected chi connectivity index (χ4v) is 7.94. The molecule has 0 radical (unpaired) electrons. The predicted octanol–water partition coefficient (Wildman–Crippen LogP) is 2.67. The average Bonchev–Trinajstić information content (AvgIpc) is 3.37. The van der Waals surface area contributed by atoms with Crippen molar-refractivity contribution in [1.29, 1.82) is 0 Å². The summed E-state index contributed by atoms with van der Waals surface area (Å²) in [5.41, 5.74) is 9.12. The number of carbonyl (C=O) groups is 2. The summed E-state index contributed by atoms with van der Waals surface area (Å²) >= 11 is 0. The van der Waals surface area contributed by atoms with Crippen LogP contribution in [-0.2, 0) is 27.0 Å². The summed E-state index contributed by atoms with van der Waals surface area (Å²) in [4.78, 5) is 29.5. The molecule has 2 aromatic rings. The summed E-state index contributed by atoms with van der Waals surface area (Å²) in [6, 6.07) is 16.1. The van der Waals surface area contributed by atoms with Gasteiger partial charge in [0.05, 0.1) is 12.3 Å².